The van der Waals surface area contributed by atoms with E-state index in [1.807, 2.05) is 22.9 Å². The van der Waals surface area contributed by atoms with Crippen LogP contribution in [0.4, 0.5) is 5.82 Å². The zero-order valence-electron chi connectivity index (χ0n) is 13.2. The molecule has 4 heteroatoms. The Balaban J connectivity index is 1.93. The molecule has 1 aromatic heterocycles. The van der Waals surface area contributed by atoms with Crippen molar-refractivity contribution in [2.24, 2.45) is 0 Å². The van der Waals surface area contributed by atoms with Crippen LogP contribution in [0.2, 0.25) is 5.02 Å². The van der Waals surface area contributed by atoms with Crippen molar-refractivity contribution in [1.29, 1.82) is 0 Å². The van der Waals surface area contributed by atoms with Crippen LogP contribution in [0.3, 0.4) is 0 Å². The van der Waals surface area contributed by atoms with E-state index in [0.717, 1.165) is 40.8 Å². The molecule has 0 saturated carbocycles. The van der Waals surface area contributed by atoms with Gasteiger partial charge in [0.15, 0.2) is 0 Å². The molecule has 0 atom stereocenters. The first kappa shape index (κ1) is 14.3. The maximum Gasteiger partial charge on any atom is 0.133 e. The molecule has 2 heterocycles. The van der Waals surface area contributed by atoms with Crippen LogP contribution in [0.1, 0.15) is 16.7 Å². The lowest BCUT2D eigenvalue weighted by molar-refractivity contribution is 0.873. The molecule has 2 aromatic carbocycles. The molecule has 0 bridgehead atoms. The Bertz CT molecular complexity index is 896. The third-order valence-corrected chi connectivity index (χ3v) is 4.79. The van der Waals surface area contributed by atoms with Crippen molar-refractivity contribution in [2.45, 2.75) is 20.3 Å². The van der Waals surface area contributed by atoms with Crippen molar-refractivity contribution < 1.29 is 0 Å². The summed E-state index contributed by atoms with van der Waals surface area (Å²) in [5, 5.41) is 9.14. The van der Waals surface area contributed by atoms with Crippen LogP contribution >= 0.6 is 11.6 Å². The molecule has 0 amide bonds. The predicted octanol–water partition coefficient (Wildman–Crippen LogP) is 4.78. The van der Waals surface area contributed by atoms with Gasteiger partial charge in [-0.25, -0.2) is 4.68 Å². The monoisotopic (exact) mass is 323 g/mol. The van der Waals surface area contributed by atoms with E-state index in [4.69, 9.17) is 16.7 Å². The van der Waals surface area contributed by atoms with Gasteiger partial charge in [-0.1, -0.05) is 35.9 Å². The van der Waals surface area contributed by atoms with Gasteiger partial charge < -0.3 is 5.32 Å². The van der Waals surface area contributed by atoms with Crippen LogP contribution in [0.15, 0.2) is 42.5 Å². The maximum atomic E-state index is 6.17. The molecular weight excluding hydrogens is 306 g/mol. The highest BCUT2D eigenvalue weighted by molar-refractivity contribution is 6.30. The molecular formula is C19H18ClN3. The van der Waals surface area contributed by atoms with Crippen LogP contribution in [-0.4, -0.2) is 16.3 Å². The number of aryl methyl sites for hydroxylation is 1. The number of hydrogen-bond donors (Lipinski definition) is 1. The van der Waals surface area contributed by atoms with Crippen molar-refractivity contribution in [1.82, 2.24) is 9.78 Å². The predicted molar refractivity (Wildman–Crippen MR) is 95.7 cm³/mol. The number of nitrogens with zero attached hydrogens (tertiary/aromatic N) is 2. The van der Waals surface area contributed by atoms with Gasteiger partial charge in [0, 0.05) is 22.7 Å². The summed E-state index contributed by atoms with van der Waals surface area (Å²) < 4.78 is 2.04. The molecule has 1 aliphatic rings. The van der Waals surface area contributed by atoms with E-state index in [1.165, 1.54) is 16.7 Å². The van der Waals surface area contributed by atoms with Crippen molar-refractivity contribution in [3.8, 4) is 16.9 Å². The minimum Gasteiger partial charge on any atom is -0.369 e. The molecule has 3 nitrogen and oxygen atoms in total. The van der Waals surface area contributed by atoms with Gasteiger partial charge >= 0.3 is 0 Å². The van der Waals surface area contributed by atoms with E-state index >= 15 is 0 Å². The summed E-state index contributed by atoms with van der Waals surface area (Å²) in [5.41, 5.74) is 7.02. The minimum absolute atomic E-state index is 0.739. The van der Waals surface area contributed by atoms with Gasteiger partial charge in [0.05, 0.1) is 11.4 Å². The molecule has 0 spiro atoms. The highest BCUT2D eigenvalue weighted by atomic mass is 35.5. The number of aromatic nitrogens is 2. The standard InChI is InChI=1S/C19H18ClN3/c1-12-5-3-8-17(13(12)2)23-19-16(9-10-21-19)18(22-23)14-6-4-7-15(20)11-14/h3-8,11,21H,9-10H2,1-2H3. The molecule has 0 aliphatic carbocycles. The molecule has 3 aromatic rings. The van der Waals surface area contributed by atoms with E-state index in [1.54, 1.807) is 0 Å². The van der Waals surface area contributed by atoms with Gasteiger partial charge in [-0.3, -0.25) is 0 Å². The van der Waals surface area contributed by atoms with Gasteiger partial charge in [0.2, 0.25) is 0 Å². The third kappa shape index (κ3) is 2.32. The quantitative estimate of drug-likeness (QED) is 0.735. The Labute approximate surface area is 140 Å². The van der Waals surface area contributed by atoms with E-state index in [0.29, 0.717) is 0 Å². The third-order valence-electron chi connectivity index (χ3n) is 4.55. The largest absolute Gasteiger partial charge is 0.369 e. The molecule has 4 rings (SSSR count). The van der Waals surface area contributed by atoms with Gasteiger partial charge in [-0.15, -0.1) is 0 Å². The lowest BCUT2D eigenvalue weighted by atomic mass is 10.1. The molecule has 0 unspecified atom stereocenters. The number of anilines is 1. The van der Waals surface area contributed by atoms with Gasteiger partial charge in [0.1, 0.15) is 5.82 Å². The number of halogens is 1. The summed E-state index contributed by atoms with van der Waals surface area (Å²) in [6.45, 7) is 5.23. The van der Waals surface area contributed by atoms with Crippen LogP contribution in [-0.2, 0) is 6.42 Å². The average Bonchev–Trinajstić information content (AvgIpc) is 3.12. The number of fused-ring (bicyclic) bond motifs is 1. The second-order valence-corrected chi connectivity index (χ2v) is 6.43. The first-order chi connectivity index (χ1) is 11.1. The minimum atomic E-state index is 0.739. The number of rotatable bonds is 2. The van der Waals surface area contributed by atoms with E-state index in [9.17, 15) is 0 Å². The first-order valence-electron chi connectivity index (χ1n) is 7.83. The second-order valence-electron chi connectivity index (χ2n) is 5.99. The number of hydrogen-bond acceptors (Lipinski definition) is 2. The molecule has 0 fully saturated rings. The Morgan fingerprint density at radius 1 is 1.13 bits per heavy atom. The average molecular weight is 324 g/mol. The molecule has 23 heavy (non-hydrogen) atoms. The van der Waals surface area contributed by atoms with Gasteiger partial charge in [0.25, 0.3) is 0 Å². The van der Waals surface area contributed by atoms with Crippen LogP contribution in [0.25, 0.3) is 16.9 Å². The summed E-state index contributed by atoms with van der Waals surface area (Å²) >= 11 is 6.17. The first-order valence-corrected chi connectivity index (χ1v) is 8.21. The Morgan fingerprint density at radius 2 is 1.96 bits per heavy atom. The number of nitrogens with one attached hydrogen (secondary N) is 1. The highest BCUT2D eigenvalue weighted by Crippen LogP contribution is 2.36. The van der Waals surface area contributed by atoms with Gasteiger partial charge in [-0.2, -0.15) is 5.10 Å². The lowest BCUT2D eigenvalue weighted by Gasteiger charge is -2.11. The zero-order chi connectivity index (χ0) is 16.0. The Morgan fingerprint density at radius 3 is 2.78 bits per heavy atom. The van der Waals surface area contributed by atoms with Gasteiger partial charge in [-0.05, 0) is 49.6 Å². The highest BCUT2D eigenvalue weighted by Gasteiger charge is 2.24. The Kier molecular flexibility index (Phi) is 3.38. The maximum absolute atomic E-state index is 6.17. The van der Waals surface area contributed by atoms with E-state index in [-0.39, 0.29) is 0 Å². The normalized spacial score (nSPS) is 13.0. The fourth-order valence-electron chi connectivity index (χ4n) is 3.18. The van der Waals surface area contributed by atoms with Crippen molar-refractivity contribution in [2.75, 3.05) is 11.9 Å². The summed E-state index contributed by atoms with van der Waals surface area (Å²) in [7, 11) is 0. The van der Waals surface area contributed by atoms with E-state index in [2.05, 4.69) is 43.4 Å². The summed E-state index contributed by atoms with van der Waals surface area (Å²) in [6.07, 6.45) is 0.988. The smallest absolute Gasteiger partial charge is 0.133 e. The summed E-state index contributed by atoms with van der Waals surface area (Å²) in [6, 6.07) is 14.3. The van der Waals surface area contributed by atoms with Crippen molar-refractivity contribution >= 4 is 17.4 Å². The van der Waals surface area contributed by atoms with Crippen molar-refractivity contribution in [3.63, 3.8) is 0 Å². The molecule has 116 valence electrons. The zero-order valence-corrected chi connectivity index (χ0v) is 14.0. The summed E-state index contributed by atoms with van der Waals surface area (Å²) in [4.78, 5) is 0. The Hall–Kier alpha value is -2.26. The summed E-state index contributed by atoms with van der Waals surface area (Å²) in [5.74, 6) is 1.11. The molecule has 0 radical (unpaired) electrons. The fourth-order valence-corrected chi connectivity index (χ4v) is 3.37. The van der Waals surface area contributed by atoms with E-state index < -0.39 is 0 Å². The van der Waals surface area contributed by atoms with Crippen LogP contribution in [0.5, 0.6) is 0 Å². The lowest BCUT2D eigenvalue weighted by Crippen LogP contribution is -2.06. The van der Waals surface area contributed by atoms with Crippen molar-refractivity contribution in [3.05, 3.63) is 64.2 Å². The van der Waals surface area contributed by atoms with Crippen LogP contribution in [0, 0.1) is 13.8 Å². The number of benzene rings is 2. The second kappa shape index (κ2) is 5.43. The molecule has 1 aliphatic heterocycles. The molecule has 1 N–H and O–H groups in total. The topological polar surface area (TPSA) is 29.9 Å². The molecule has 0 saturated heterocycles. The SMILES string of the molecule is Cc1cccc(-n2nc(-c3cccc(Cl)c3)c3c2NCC3)c1C. The van der Waals surface area contributed by atoms with Crippen LogP contribution < -0.4 is 5.32 Å². The fraction of sp³-hybridized carbons (Fsp3) is 0.211.